The van der Waals surface area contributed by atoms with Crippen LogP contribution in [0.4, 0.5) is 11.4 Å². The quantitative estimate of drug-likeness (QED) is 0.445. The predicted molar refractivity (Wildman–Crippen MR) is 77.6 cm³/mol. The molecule has 2 aliphatic carbocycles. The van der Waals surface area contributed by atoms with E-state index in [1.165, 1.54) is 25.0 Å². The summed E-state index contributed by atoms with van der Waals surface area (Å²) >= 11 is 0. The minimum Gasteiger partial charge on any atom is -0.349 e. The topological polar surface area (TPSA) is 110 Å². The van der Waals surface area contributed by atoms with Crippen molar-refractivity contribution in [2.24, 2.45) is 17.7 Å². The second kappa shape index (κ2) is 5.33. The number of carbonyl (C=O) groups is 1. The highest BCUT2D eigenvalue weighted by molar-refractivity contribution is 6.01. The SMILES string of the molecule is NNc1c(C(=O)NC2CC3CCC2C3)cccc1[N+](=O)[O-]. The van der Waals surface area contributed by atoms with Crippen LogP contribution in [0.25, 0.3) is 0 Å². The minimum absolute atomic E-state index is 0.0585. The fourth-order valence-corrected chi connectivity index (χ4v) is 3.70. The van der Waals surface area contributed by atoms with Crippen molar-refractivity contribution in [3.8, 4) is 0 Å². The Balaban J connectivity index is 1.81. The van der Waals surface area contributed by atoms with Gasteiger partial charge >= 0.3 is 0 Å². The normalized spacial score (nSPS) is 26.6. The molecular formula is C14H18N4O3. The number of hydrazine groups is 1. The maximum atomic E-state index is 12.4. The molecule has 112 valence electrons. The molecule has 0 aliphatic heterocycles. The number of para-hydroxylation sites is 1. The van der Waals surface area contributed by atoms with Crippen molar-refractivity contribution in [3.05, 3.63) is 33.9 Å². The number of hydrogen-bond donors (Lipinski definition) is 3. The van der Waals surface area contributed by atoms with E-state index in [-0.39, 0.29) is 28.9 Å². The van der Waals surface area contributed by atoms with E-state index in [1.807, 2.05) is 0 Å². The third-order valence-corrected chi connectivity index (χ3v) is 4.68. The van der Waals surface area contributed by atoms with Gasteiger partial charge in [0.25, 0.3) is 11.6 Å². The Hall–Kier alpha value is -2.15. The maximum Gasteiger partial charge on any atom is 0.294 e. The van der Waals surface area contributed by atoms with Crippen molar-refractivity contribution in [3.63, 3.8) is 0 Å². The summed E-state index contributed by atoms with van der Waals surface area (Å²) in [5, 5.41) is 14.0. The summed E-state index contributed by atoms with van der Waals surface area (Å²) in [6.45, 7) is 0. The second-order valence-corrected chi connectivity index (χ2v) is 5.86. The van der Waals surface area contributed by atoms with Crippen LogP contribution in [0.2, 0.25) is 0 Å². The molecule has 3 atom stereocenters. The van der Waals surface area contributed by atoms with E-state index in [2.05, 4.69) is 10.7 Å². The number of benzene rings is 1. The molecule has 1 amide bonds. The molecule has 7 nitrogen and oxygen atoms in total. The van der Waals surface area contributed by atoms with Crippen molar-refractivity contribution in [2.75, 3.05) is 5.43 Å². The molecule has 0 spiro atoms. The van der Waals surface area contributed by atoms with Gasteiger partial charge in [-0.15, -0.1) is 0 Å². The number of hydrogen-bond acceptors (Lipinski definition) is 5. The van der Waals surface area contributed by atoms with E-state index in [4.69, 9.17) is 5.84 Å². The molecule has 3 rings (SSSR count). The molecule has 0 radical (unpaired) electrons. The van der Waals surface area contributed by atoms with Crippen LogP contribution < -0.4 is 16.6 Å². The van der Waals surface area contributed by atoms with E-state index < -0.39 is 4.92 Å². The van der Waals surface area contributed by atoms with Crippen LogP contribution in [0.5, 0.6) is 0 Å². The molecule has 2 fully saturated rings. The van der Waals surface area contributed by atoms with Crippen LogP contribution in [-0.4, -0.2) is 16.9 Å². The Morgan fingerprint density at radius 3 is 2.71 bits per heavy atom. The lowest BCUT2D eigenvalue weighted by molar-refractivity contribution is -0.384. The van der Waals surface area contributed by atoms with Gasteiger partial charge in [-0.05, 0) is 37.2 Å². The number of fused-ring (bicyclic) bond motifs is 2. The molecule has 7 heteroatoms. The first-order chi connectivity index (χ1) is 10.1. The van der Waals surface area contributed by atoms with Gasteiger partial charge in [0.15, 0.2) is 0 Å². The number of nitrogens with two attached hydrogens (primary N) is 1. The first kappa shape index (κ1) is 13.8. The van der Waals surface area contributed by atoms with E-state index >= 15 is 0 Å². The summed E-state index contributed by atoms with van der Waals surface area (Å²) in [5.41, 5.74) is 2.36. The monoisotopic (exact) mass is 290 g/mol. The molecular weight excluding hydrogens is 272 g/mol. The minimum atomic E-state index is -0.552. The largest absolute Gasteiger partial charge is 0.349 e. The number of rotatable bonds is 4. The van der Waals surface area contributed by atoms with Crippen molar-refractivity contribution in [1.29, 1.82) is 0 Å². The van der Waals surface area contributed by atoms with E-state index in [9.17, 15) is 14.9 Å². The summed E-state index contributed by atoms with van der Waals surface area (Å²) in [5.74, 6) is 6.33. The molecule has 4 N–H and O–H groups in total. The van der Waals surface area contributed by atoms with Gasteiger partial charge in [0.1, 0.15) is 5.69 Å². The maximum absolute atomic E-state index is 12.4. The highest BCUT2D eigenvalue weighted by atomic mass is 16.6. The van der Waals surface area contributed by atoms with Crippen molar-refractivity contribution < 1.29 is 9.72 Å². The molecule has 0 heterocycles. The average Bonchev–Trinajstić information content (AvgIpc) is 3.08. The fraction of sp³-hybridized carbons (Fsp3) is 0.500. The molecule has 2 bridgehead atoms. The van der Waals surface area contributed by atoms with Crippen LogP contribution >= 0.6 is 0 Å². The lowest BCUT2D eigenvalue weighted by Gasteiger charge is -2.23. The molecule has 2 aliphatic rings. The third kappa shape index (κ3) is 2.44. The summed E-state index contributed by atoms with van der Waals surface area (Å²) in [6.07, 6.45) is 4.61. The van der Waals surface area contributed by atoms with Crippen LogP contribution in [0.3, 0.4) is 0 Å². The lowest BCUT2D eigenvalue weighted by Crippen LogP contribution is -2.38. The van der Waals surface area contributed by atoms with Gasteiger partial charge in [0.2, 0.25) is 0 Å². The smallest absolute Gasteiger partial charge is 0.294 e. The summed E-state index contributed by atoms with van der Waals surface area (Å²) in [6, 6.07) is 4.55. The summed E-state index contributed by atoms with van der Waals surface area (Å²) in [4.78, 5) is 22.8. The number of nitrogens with one attached hydrogen (secondary N) is 2. The van der Waals surface area contributed by atoms with Gasteiger partial charge in [0, 0.05) is 12.1 Å². The number of nitro groups is 1. The Morgan fingerprint density at radius 2 is 2.14 bits per heavy atom. The zero-order valence-electron chi connectivity index (χ0n) is 11.5. The Labute approximate surface area is 122 Å². The molecule has 21 heavy (non-hydrogen) atoms. The first-order valence-corrected chi connectivity index (χ1v) is 7.15. The number of amides is 1. The van der Waals surface area contributed by atoms with Gasteiger partial charge in [-0.1, -0.05) is 12.5 Å². The highest BCUT2D eigenvalue weighted by Gasteiger charge is 2.40. The molecule has 0 saturated heterocycles. The third-order valence-electron chi connectivity index (χ3n) is 4.68. The Morgan fingerprint density at radius 1 is 1.33 bits per heavy atom. The number of carbonyl (C=O) groups excluding carboxylic acids is 1. The van der Waals surface area contributed by atoms with Crippen LogP contribution in [0.15, 0.2) is 18.2 Å². The number of nitrogen functional groups attached to an aromatic ring is 1. The zero-order valence-corrected chi connectivity index (χ0v) is 11.5. The molecule has 1 aromatic carbocycles. The highest BCUT2D eigenvalue weighted by Crippen LogP contribution is 2.44. The van der Waals surface area contributed by atoms with E-state index in [1.54, 1.807) is 6.07 Å². The van der Waals surface area contributed by atoms with Gasteiger partial charge in [-0.2, -0.15) is 0 Å². The van der Waals surface area contributed by atoms with Crippen molar-refractivity contribution >= 4 is 17.3 Å². The zero-order chi connectivity index (χ0) is 15.0. The predicted octanol–water partition coefficient (Wildman–Crippen LogP) is 1.80. The van der Waals surface area contributed by atoms with Crippen molar-refractivity contribution in [2.45, 2.75) is 31.7 Å². The molecule has 1 aromatic rings. The summed E-state index contributed by atoms with van der Waals surface area (Å²) < 4.78 is 0. The number of nitrogens with zero attached hydrogens (tertiary/aromatic N) is 1. The van der Waals surface area contributed by atoms with Gasteiger partial charge in [-0.25, -0.2) is 0 Å². The van der Waals surface area contributed by atoms with Gasteiger partial charge in [-0.3, -0.25) is 20.8 Å². The Bertz CT molecular complexity index is 590. The Kier molecular flexibility index (Phi) is 3.50. The molecule has 3 unspecified atom stereocenters. The van der Waals surface area contributed by atoms with Crippen LogP contribution in [0, 0.1) is 22.0 Å². The van der Waals surface area contributed by atoms with Gasteiger partial charge in [0.05, 0.1) is 10.5 Å². The van der Waals surface area contributed by atoms with Crippen LogP contribution in [0.1, 0.15) is 36.0 Å². The second-order valence-electron chi connectivity index (χ2n) is 5.86. The first-order valence-electron chi connectivity index (χ1n) is 7.15. The molecule has 2 saturated carbocycles. The fourth-order valence-electron chi connectivity index (χ4n) is 3.70. The number of nitro benzene ring substituents is 1. The standard InChI is InChI=1S/C14H18N4O3/c15-17-13-10(2-1-3-12(13)18(20)21)14(19)16-11-7-8-4-5-9(11)6-8/h1-3,8-9,11,17H,4-7,15H2,(H,16,19). The van der Waals surface area contributed by atoms with E-state index in [0.29, 0.717) is 5.92 Å². The molecule has 0 aromatic heterocycles. The lowest BCUT2D eigenvalue weighted by atomic mass is 9.95. The number of anilines is 1. The van der Waals surface area contributed by atoms with Crippen LogP contribution in [-0.2, 0) is 0 Å². The summed E-state index contributed by atoms with van der Waals surface area (Å²) in [7, 11) is 0. The van der Waals surface area contributed by atoms with Gasteiger partial charge < -0.3 is 10.7 Å². The average molecular weight is 290 g/mol. The van der Waals surface area contributed by atoms with Crippen molar-refractivity contribution in [1.82, 2.24) is 5.32 Å². The van der Waals surface area contributed by atoms with E-state index in [0.717, 1.165) is 18.8 Å².